The molecule has 0 atom stereocenters. The lowest BCUT2D eigenvalue weighted by molar-refractivity contribution is 0.248. The first kappa shape index (κ1) is 24.0. The number of hydrogen-bond acceptors (Lipinski definition) is 3. The number of nitrogens with zero attached hydrogens (tertiary/aromatic N) is 2. The molecular formula is C19H35IN4O. The molecule has 0 radical (unpaired) electrons. The molecule has 0 saturated heterocycles. The predicted molar refractivity (Wildman–Crippen MR) is 118 cm³/mol. The van der Waals surface area contributed by atoms with Gasteiger partial charge in [-0.25, -0.2) is 0 Å². The molecular weight excluding hydrogens is 427 g/mol. The third-order valence-corrected chi connectivity index (χ3v) is 3.62. The minimum atomic E-state index is 0. The number of halogens is 1. The lowest BCUT2D eigenvalue weighted by Crippen LogP contribution is -2.40. The van der Waals surface area contributed by atoms with E-state index in [0.717, 1.165) is 44.3 Å². The second-order valence-electron chi connectivity index (χ2n) is 7.12. The van der Waals surface area contributed by atoms with Gasteiger partial charge in [0.25, 0.3) is 0 Å². The monoisotopic (exact) mass is 462 g/mol. The van der Waals surface area contributed by atoms with Gasteiger partial charge in [0, 0.05) is 26.2 Å². The predicted octanol–water partition coefficient (Wildman–Crippen LogP) is 3.00. The summed E-state index contributed by atoms with van der Waals surface area (Å²) in [6.07, 6.45) is 0.954. The molecule has 0 unspecified atom stereocenters. The number of guanidine groups is 1. The molecule has 0 fully saturated rings. The number of hydrogen-bond donors (Lipinski definition) is 2. The summed E-state index contributed by atoms with van der Waals surface area (Å²) in [5, 5.41) is 6.74. The fraction of sp³-hybridized carbons (Fsp3) is 0.632. The molecule has 2 N–H and O–H groups in total. The van der Waals surface area contributed by atoms with Crippen molar-refractivity contribution in [3.63, 3.8) is 0 Å². The molecule has 0 aliphatic rings. The van der Waals surface area contributed by atoms with Crippen LogP contribution in [0.2, 0.25) is 0 Å². The van der Waals surface area contributed by atoms with Crippen LogP contribution in [0.4, 0.5) is 0 Å². The number of benzene rings is 1. The maximum absolute atomic E-state index is 5.19. The van der Waals surface area contributed by atoms with Crippen LogP contribution in [0.3, 0.4) is 0 Å². The van der Waals surface area contributed by atoms with Gasteiger partial charge in [-0.2, -0.15) is 0 Å². The normalized spacial score (nSPS) is 11.9. The summed E-state index contributed by atoms with van der Waals surface area (Å²) >= 11 is 0. The molecule has 0 aliphatic carbocycles. The van der Waals surface area contributed by atoms with Crippen LogP contribution in [0.5, 0.6) is 5.75 Å². The zero-order valence-corrected chi connectivity index (χ0v) is 18.9. The highest BCUT2D eigenvalue weighted by molar-refractivity contribution is 14.0. The van der Waals surface area contributed by atoms with Crippen molar-refractivity contribution in [2.24, 2.45) is 10.4 Å². The SMILES string of the molecule is CCNC(=NCC(C)(C)CN(C)C)NCCc1ccc(OC)cc1.I. The van der Waals surface area contributed by atoms with E-state index in [9.17, 15) is 0 Å². The van der Waals surface area contributed by atoms with Gasteiger partial charge in [0.1, 0.15) is 5.75 Å². The van der Waals surface area contributed by atoms with Gasteiger partial charge in [-0.1, -0.05) is 26.0 Å². The summed E-state index contributed by atoms with van der Waals surface area (Å²) in [6.45, 7) is 10.1. The summed E-state index contributed by atoms with van der Waals surface area (Å²) in [5.74, 6) is 1.78. The Hall–Kier alpha value is -1.02. The quantitative estimate of drug-likeness (QED) is 0.337. The Balaban J connectivity index is 0.00000576. The van der Waals surface area contributed by atoms with Gasteiger partial charge in [0.2, 0.25) is 0 Å². The number of methoxy groups -OCH3 is 1. The van der Waals surface area contributed by atoms with Gasteiger partial charge in [-0.3, -0.25) is 4.99 Å². The molecule has 0 heterocycles. The summed E-state index contributed by atoms with van der Waals surface area (Å²) in [6, 6.07) is 8.20. The van der Waals surface area contributed by atoms with Gasteiger partial charge in [-0.05, 0) is 50.6 Å². The van der Waals surface area contributed by atoms with Crippen LogP contribution in [-0.4, -0.2) is 58.2 Å². The topological polar surface area (TPSA) is 48.9 Å². The second-order valence-corrected chi connectivity index (χ2v) is 7.12. The third-order valence-electron chi connectivity index (χ3n) is 3.62. The second kappa shape index (κ2) is 12.4. The molecule has 6 heteroatoms. The fourth-order valence-corrected chi connectivity index (χ4v) is 2.66. The van der Waals surface area contributed by atoms with Crippen LogP contribution in [0.25, 0.3) is 0 Å². The van der Waals surface area contributed by atoms with Crippen LogP contribution in [0.15, 0.2) is 29.3 Å². The lowest BCUT2D eigenvalue weighted by atomic mass is 9.93. The Morgan fingerprint density at radius 3 is 2.32 bits per heavy atom. The largest absolute Gasteiger partial charge is 0.497 e. The number of aliphatic imine (C=N–C) groups is 1. The van der Waals surface area contributed by atoms with E-state index in [1.807, 2.05) is 12.1 Å². The summed E-state index contributed by atoms with van der Waals surface area (Å²) in [5.41, 5.74) is 1.44. The zero-order valence-electron chi connectivity index (χ0n) is 16.6. The van der Waals surface area contributed by atoms with Gasteiger partial charge < -0.3 is 20.3 Å². The maximum atomic E-state index is 5.19. The first-order valence-electron chi connectivity index (χ1n) is 8.66. The molecule has 0 saturated carbocycles. The highest BCUT2D eigenvalue weighted by atomic mass is 127. The maximum Gasteiger partial charge on any atom is 0.191 e. The Labute approximate surface area is 170 Å². The van der Waals surface area contributed by atoms with E-state index in [-0.39, 0.29) is 29.4 Å². The van der Waals surface area contributed by atoms with Crippen LogP contribution in [-0.2, 0) is 6.42 Å². The Kier molecular flexibility index (Phi) is 11.8. The van der Waals surface area contributed by atoms with E-state index >= 15 is 0 Å². The number of rotatable bonds is 9. The third kappa shape index (κ3) is 10.5. The van der Waals surface area contributed by atoms with Crippen LogP contribution in [0.1, 0.15) is 26.3 Å². The molecule has 5 nitrogen and oxygen atoms in total. The zero-order chi connectivity index (χ0) is 18.0. The van der Waals surface area contributed by atoms with E-state index in [4.69, 9.17) is 9.73 Å². The van der Waals surface area contributed by atoms with E-state index in [1.54, 1.807) is 7.11 Å². The van der Waals surface area contributed by atoms with Crippen LogP contribution < -0.4 is 15.4 Å². The van der Waals surface area contributed by atoms with E-state index in [0.29, 0.717) is 0 Å². The minimum absolute atomic E-state index is 0. The highest BCUT2D eigenvalue weighted by Gasteiger charge is 2.18. The van der Waals surface area contributed by atoms with Crippen molar-refractivity contribution in [3.05, 3.63) is 29.8 Å². The van der Waals surface area contributed by atoms with Gasteiger partial charge in [0.05, 0.1) is 7.11 Å². The molecule has 0 aromatic heterocycles. The van der Waals surface area contributed by atoms with E-state index < -0.39 is 0 Å². The first-order valence-corrected chi connectivity index (χ1v) is 8.66. The van der Waals surface area contributed by atoms with Crippen molar-refractivity contribution in [2.45, 2.75) is 27.2 Å². The van der Waals surface area contributed by atoms with Crippen molar-refractivity contribution in [1.29, 1.82) is 0 Å². The van der Waals surface area contributed by atoms with Crippen molar-refractivity contribution < 1.29 is 4.74 Å². The molecule has 0 spiro atoms. The molecule has 25 heavy (non-hydrogen) atoms. The number of ether oxygens (including phenoxy) is 1. The average Bonchev–Trinajstić information content (AvgIpc) is 2.52. The molecule has 144 valence electrons. The van der Waals surface area contributed by atoms with Crippen molar-refractivity contribution in [1.82, 2.24) is 15.5 Å². The smallest absolute Gasteiger partial charge is 0.191 e. The Morgan fingerprint density at radius 2 is 1.80 bits per heavy atom. The van der Waals surface area contributed by atoms with E-state index in [2.05, 4.69) is 62.5 Å². The first-order chi connectivity index (χ1) is 11.4. The van der Waals surface area contributed by atoms with Crippen LogP contribution >= 0.6 is 24.0 Å². The molecule has 0 bridgehead atoms. The summed E-state index contributed by atoms with van der Waals surface area (Å²) in [7, 11) is 5.89. The average molecular weight is 462 g/mol. The van der Waals surface area contributed by atoms with Crippen molar-refractivity contribution in [2.75, 3.05) is 47.4 Å². The summed E-state index contributed by atoms with van der Waals surface area (Å²) in [4.78, 5) is 6.95. The van der Waals surface area contributed by atoms with E-state index in [1.165, 1.54) is 5.56 Å². The Bertz CT molecular complexity index is 501. The standard InChI is InChI=1S/C19H34N4O.HI/c1-7-20-18(22-14-19(2,3)15-23(4)5)21-13-12-16-8-10-17(24-6)11-9-16;/h8-11H,7,12-15H2,1-6H3,(H2,20,21,22);1H. The lowest BCUT2D eigenvalue weighted by Gasteiger charge is -2.26. The molecule has 0 amide bonds. The van der Waals surface area contributed by atoms with Crippen molar-refractivity contribution in [3.8, 4) is 5.75 Å². The van der Waals surface area contributed by atoms with Gasteiger partial charge in [-0.15, -0.1) is 24.0 Å². The van der Waals surface area contributed by atoms with Crippen molar-refractivity contribution >= 4 is 29.9 Å². The molecule has 1 aromatic rings. The van der Waals surface area contributed by atoms with Crippen LogP contribution in [0, 0.1) is 5.41 Å². The minimum Gasteiger partial charge on any atom is -0.497 e. The van der Waals surface area contributed by atoms with Gasteiger partial charge in [0.15, 0.2) is 5.96 Å². The molecule has 1 aromatic carbocycles. The Morgan fingerprint density at radius 1 is 1.16 bits per heavy atom. The number of nitrogens with one attached hydrogen (secondary N) is 2. The molecule has 0 aliphatic heterocycles. The highest BCUT2D eigenvalue weighted by Crippen LogP contribution is 2.16. The molecule has 1 rings (SSSR count). The summed E-state index contributed by atoms with van der Waals surface area (Å²) < 4.78 is 5.19. The fourth-order valence-electron chi connectivity index (χ4n) is 2.66. The van der Waals surface area contributed by atoms with Gasteiger partial charge >= 0.3 is 0 Å².